The molecule has 0 atom stereocenters. The van der Waals surface area contributed by atoms with Crippen LogP contribution in [0.1, 0.15) is 16.7 Å². The van der Waals surface area contributed by atoms with Crippen LogP contribution in [-0.4, -0.2) is 32.0 Å². The molecule has 2 N–H and O–H groups in total. The number of halogens is 1. The van der Waals surface area contributed by atoms with Crippen LogP contribution in [0.3, 0.4) is 0 Å². The zero-order valence-electron chi connectivity index (χ0n) is 14.5. The van der Waals surface area contributed by atoms with E-state index < -0.39 is 0 Å². The first-order valence-electron chi connectivity index (χ1n) is 7.99. The van der Waals surface area contributed by atoms with Gasteiger partial charge in [0.25, 0.3) is 0 Å². The van der Waals surface area contributed by atoms with Gasteiger partial charge < -0.3 is 15.5 Å². The predicted molar refractivity (Wildman–Crippen MR) is 97.3 cm³/mol. The molecule has 0 aromatic heterocycles. The number of nitrogens with one attached hydrogen (secondary N) is 2. The van der Waals surface area contributed by atoms with E-state index in [1.165, 1.54) is 23.3 Å². The van der Waals surface area contributed by atoms with Crippen LogP contribution >= 0.6 is 0 Å². The first-order chi connectivity index (χ1) is 11.6. The Labute approximate surface area is 143 Å². The van der Waals surface area contributed by atoms with Crippen LogP contribution in [0.4, 0.5) is 4.39 Å². The minimum absolute atomic E-state index is 0.227. The fraction of sp³-hybridized carbons (Fsp3) is 0.316. The van der Waals surface area contributed by atoms with Crippen molar-refractivity contribution in [2.45, 2.75) is 19.6 Å². The van der Waals surface area contributed by atoms with E-state index in [4.69, 9.17) is 0 Å². The molecule has 0 aliphatic heterocycles. The monoisotopic (exact) mass is 328 g/mol. The molecule has 2 aromatic carbocycles. The molecule has 0 aliphatic carbocycles. The molecule has 0 bridgehead atoms. The summed E-state index contributed by atoms with van der Waals surface area (Å²) in [5.74, 6) is 0.466. The third-order valence-electron chi connectivity index (χ3n) is 3.62. The summed E-state index contributed by atoms with van der Waals surface area (Å²) in [5.41, 5.74) is 3.40. The van der Waals surface area contributed by atoms with Gasteiger partial charge in [-0.1, -0.05) is 36.4 Å². The van der Waals surface area contributed by atoms with Crippen molar-refractivity contribution >= 4 is 5.96 Å². The third-order valence-corrected chi connectivity index (χ3v) is 3.62. The van der Waals surface area contributed by atoms with Crippen molar-refractivity contribution in [2.24, 2.45) is 4.99 Å². The fourth-order valence-corrected chi connectivity index (χ4v) is 2.46. The van der Waals surface area contributed by atoms with E-state index in [1.54, 1.807) is 13.1 Å². The van der Waals surface area contributed by atoms with Gasteiger partial charge in [0.2, 0.25) is 0 Å². The lowest BCUT2D eigenvalue weighted by atomic mass is 10.1. The molecule has 2 aromatic rings. The maximum Gasteiger partial charge on any atom is 0.191 e. The summed E-state index contributed by atoms with van der Waals surface area (Å²) in [6.07, 6.45) is 0. The van der Waals surface area contributed by atoms with Gasteiger partial charge >= 0.3 is 0 Å². The topological polar surface area (TPSA) is 39.7 Å². The van der Waals surface area contributed by atoms with Crippen LogP contribution in [0, 0.1) is 5.82 Å². The maximum atomic E-state index is 13.2. The van der Waals surface area contributed by atoms with Gasteiger partial charge in [0.05, 0.1) is 0 Å². The highest BCUT2D eigenvalue weighted by atomic mass is 19.1. The average Bonchev–Trinajstić information content (AvgIpc) is 2.56. The van der Waals surface area contributed by atoms with Crippen LogP contribution in [0.5, 0.6) is 0 Å². The Kier molecular flexibility index (Phi) is 6.75. The van der Waals surface area contributed by atoms with Crippen LogP contribution in [-0.2, 0) is 19.6 Å². The smallest absolute Gasteiger partial charge is 0.191 e. The molecule has 4 nitrogen and oxygen atoms in total. The fourth-order valence-electron chi connectivity index (χ4n) is 2.46. The van der Waals surface area contributed by atoms with Crippen molar-refractivity contribution in [2.75, 3.05) is 21.1 Å². The van der Waals surface area contributed by atoms with Crippen LogP contribution in [0.15, 0.2) is 53.5 Å². The molecule has 5 heteroatoms. The SMILES string of the molecule is CN=C(NCc1cccc(F)c1)NCc1ccccc1CN(C)C. The Morgan fingerprint density at radius 2 is 1.71 bits per heavy atom. The largest absolute Gasteiger partial charge is 0.352 e. The van der Waals surface area contributed by atoms with Crippen molar-refractivity contribution < 1.29 is 4.39 Å². The number of rotatable bonds is 6. The van der Waals surface area contributed by atoms with Crippen LogP contribution in [0.2, 0.25) is 0 Å². The van der Waals surface area contributed by atoms with Gasteiger partial charge in [-0.2, -0.15) is 0 Å². The van der Waals surface area contributed by atoms with Crippen molar-refractivity contribution in [1.29, 1.82) is 0 Å². The second-order valence-electron chi connectivity index (χ2n) is 5.92. The predicted octanol–water partition coefficient (Wildman–Crippen LogP) is 2.75. The highest BCUT2D eigenvalue weighted by Crippen LogP contribution is 2.10. The van der Waals surface area contributed by atoms with E-state index in [0.29, 0.717) is 19.0 Å². The first kappa shape index (κ1) is 17.9. The number of aliphatic imine (C=N–C) groups is 1. The highest BCUT2D eigenvalue weighted by molar-refractivity contribution is 5.79. The number of benzene rings is 2. The van der Waals surface area contributed by atoms with Gasteiger partial charge in [0.1, 0.15) is 5.82 Å². The molecule has 0 radical (unpaired) electrons. The lowest BCUT2D eigenvalue weighted by Gasteiger charge is -2.16. The van der Waals surface area contributed by atoms with Crippen molar-refractivity contribution in [1.82, 2.24) is 15.5 Å². The lowest BCUT2D eigenvalue weighted by molar-refractivity contribution is 0.400. The molecule has 0 saturated heterocycles. The van der Waals surface area contributed by atoms with Gasteiger partial charge in [-0.3, -0.25) is 4.99 Å². The highest BCUT2D eigenvalue weighted by Gasteiger charge is 2.05. The minimum atomic E-state index is -0.227. The van der Waals surface area contributed by atoms with E-state index in [2.05, 4.69) is 52.8 Å². The Balaban J connectivity index is 1.92. The number of hydrogen-bond acceptors (Lipinski definition) is 2. The number of guanidine groups is 1. The zero-order valence-corrected chi connectivity index (χ0v) is 14.5. The van der Waals surface area contributed by atoms with E-state index in [-0.39, 0.29) is 5.82 Å². The van der Waals surface area contributed by atoms with Gasteiger partial charge in [-0.15, -0.1) is 0 Å². The molecule has 2 rings (SSSR count). The molecule has 0 saturated carbocycles. The first-order valence-corrected chi connectivity index (χ1v) is 7.99. The molecule has 0 heterocycles. The Bertz CT molecular complexity index is 683. The summed E-state index contributed by atoms with van der Waals surface area (Å²) in [4.78, 5) is 6.37. The standard InChI is InChI=1S/C19H25FN4/c1-21-19(22-12-15-7-6-10-18(20)11-15)23-13-16-8-4-5-9-17(16)14-24(2)3/h4-11H,12-14H2,1-3H3,(H2,21,22,23). The zero-order chi connectivity index (χ0) is 17.4. The number of nitrogens with zero attached hydrogens (tertiary/aromatic N) is 2. The normalized spacial score (nSPS) is 11.6. The van der Waals surface area contributed by atoms with Gasteiger partial charge in [0.15, 0.2) is 5.96 Å². The van der Waals surface area contributed by atoms with Crippen molar-refractivity contribution in [3.8, 4) is 0 Å². The summed E-state index contributed by atoms with van der Waals surface area (Å²) in [7, 11) is 5.85. The van der Waals surface area contributed by atoms with E-state index in [1.807, 2.05) is 12.1 Å². The van der Waals surface area contributed by atoms with E-state index in [9.17, 15) is 4.39 Å². The average molecular weight is 328 g/mol. The van der Waals surface area contributed by atoms with Crippen molar-refractivity contribution in [3.05, 3.63) is 71.0 Å². The number of hydrogen-bond donors (Lipinski definition) is 2. The van der Waals surface area contributed by atoms with Crippen LogP contribution < -0.4 is 10.6 Å². The van der Waals surface area contributed by atoms with Gasteiger partial charge in [-0.25, -0.2) is 4.39 Å². The quantitative estimate of drug-likeness (QED) is 0.633. The van der Waals surface area contributed by atoms with Crippen LogP contribution in [0.25, 0.3) is 0 Å². The van der Waals surface area contributed by atoms with Gasteiger partial charge in [0, 0.05) is 26.7 Å². The molecule has 128 valence electrons. The second-order valence-corrected chi connectivity index (χ2v) is 5.92. The summed E-state index contributed by atoms with van der Waals surface area (Å²) in [6, 6.07) is 14.9. The third kappa shape index (κ3) is 5.66. The lowest BCUT2D eigenvalue weighted by Crippen LogP contribution is -2.36. The van der Waals surface area contributed by atoms with E-state index >= 15 is 0 Å². The minimum Gasteiger partial charge on any atom is -0.352 e. The summed E-state index contributed by atoms with van der Waals surface area (Å²) >= 11 is 0. The molecule has 0 unspecified atom stereocenters. The maximum absolute atomic E-state index is 13.2. The Morgan fingerprint density at radius 1 is 1.00 bits per heavy atom. The molecular weight excluding hydrogens is 303 g/mol. The van der Waals surface area contributed by atoms with E-state index in [0.717, 1.165) is 12.1 Å². The summed E-state index contributed by atoms with van der Waals surface area (Å²) in [5, 5.41) is 6.52. The molecule has 0 amide bonds. The Morgan fingerprint density at radius 3 is 2.38 bits per heavy atom. The molecule has 0 aliphatic rings. The molecule has 24 heavy (non-hydrogen) atoms. The summed E-state index contributed by atoms with van der Waals surface area (Å²) in [6.45, 7) is 2.11. The second kappa shape index (κ2) is 9.03. The van der Waals surface area contributed by atoms with Gasteiger partial charge in [-0.05, 0) is 42.9 Å². The molecular formula is C19H25FN4. The molecule has 0 spiro atoms. The summed E-state index contributed by atoms with van der Waals surface area (Å²) < 4.78 is 13.2. The Hall–Kier alpha value is -2.40. The van der Waals surface area contributed by atoms with Crippen molar-refractivity contribution in [3.63, 3.8) is 0 Å². The molecule has 0 fully saturated rings.